The van der Waals surface area contributed by atoms with Gasteiger partial charge in [-0.05, 0) is 66.8 Å². The molecule has 1 heterocycles. The van der Waals surface area contributed by atoms with Crippen LogP contribution in [0.15, 0.2) is 18.2 Å². The van der Waals surface area contributed by atoms with Crippen LogP contribution >= 0.6 is 0 Å². The van der Waals surface area contributed by atoms with Crippen molar-refractivity contribution in [2.75, 3.05) is 13.1 Å². The molecule has 1 heteroatoms. The molecule has 0 amide bonds. The average molecular weight is 259 g/mol. The summed E-state index contributed by atoms with van der Waals surface area (Å²) in [5.74, 6) is 2.15. The predicted molar refractivity (Wildman–Crippen MR) is 83.9 cm³/mol. The van der Waals surface area contributed by atoms with Crippen LogP contribution in [0.1, 0.15) is 69.1 Å². The Morgan fingerprint density at radius 1 is 1.05 bits per heavy atom. The first-order valence-electron chi connectivity index (χ1n) is 7.91. The van der Waals surface area contributed by atoms with Crippen LogP contribution in [0.4, 0.5) is 0 Å². The van der Waals surface area contributed by atoms with Crippen molar-refractivity contribution >= 4 is 0 Å². The molecule has 0 aliphatic carbocycles. The fourth-order valence-corrected chi connectivity index (χ4v) is 3.12. The molecule has 0 unspecified atom stereocenters. The maximum absolute atomic E-state index is 3.47. The van der Waals surface area contributed by atoms with E-state index in [1.807, 2.05) is 0 Å². The van der Waals surface area contributed by atoms with Crippen molar-refractivity contribution in [1.82, 2.24) is 5.32 Å². The topological polar surface area (TPSA) is 12.0 Å². The van der Waals surface area contributed by atoms with Crippen molar-refractivity contribution in [2.45, 2.75) is 58.8 Å². The number of rotatable bonds is 4. The normalized spacial score (nSPS) is 17.4. The van der Waals surface area contributed by atoms with Crippen LogP contribution in [0, 0.1) is 5.92 Å². The van der Waals surface area contributed by atoms with E-state index in [0.717, 1.165) is 5.92 Å². The maximum atomic E-state index is 3.47. The largest absolute Gasteiger partial charge is 0.317 e. The van der Waals surface area contributed by atoms with Crippen LogP contribution < -0.4 is 5.32 Å². The van der Waals surface area contributed by atoms with Crippen LogP contribution in [0.25, 0.3) is 0 Å². The molecule has 0 saturated carbocycles. The van der Waals surface area contributed by atoms with Crippen LogP contribution in [-0.2, 0) is 6.42 Å². The third-order valence-electron chi connectivity index (χ3n) is 4.42. The molecule has 0 radical (unpaired) electrons. The first kappa shape index (κ1) is 14.6. The van der Waals surface area contributed by atoms with E-state index in [9.17, 15) is 0 Å². The SMILES string of the molecule is CC(C)c1ccc(C(C)C)c(CC2CCNCC2)c1. The fourth-order valence-electron chi connectivity index (χ4n) is 3.12. The van der Waals surface area contributed by atoms with E-state index in [4.69, 9.17) is 0 Å². The molecule has 1 aromatic carbocycles. The number of piperidine rings is 1. The Balaban J connectivity index is 2.21. The molecule has 1 saturated heterocycles. The van der Waals surface area contributed by atoms with E-state index in [1.165, 1.54) is 37.9 Å². The molecule has 1 fully saturated rings. The van der Waals surface area contributed by atoms with E-state index in [-0.39, 0.29) is 0 Å². The molecule has 1 aliphatic rings. The summed E-state index contributed by atoms with van der Waals surface area (Å²) in [4.78, 5) is 0. The van der Waals surface area contributed by atoms with Crippen LogP contribution in [0.5, 0.6) is 0 Å². The molecular formula is C18H29N. The van der Waals surface area contributed by atoms with Gasteiger partial charge in [0.15, 0.2) is 0 Å². The Bertz CT molecular complexity index is 400. The molecule has 0 spiro atoms. The van der Waals surface area contributed by atoms with Gasteiger partial charge in [-0.15, -0.1) is 0 Å². The molecule has 1 aromatic rings. The van der Waals surface area contributed by atoms with Gasteiger partial charge < -0.3 is 5.32 Å². The second kappa shape index (κ2) is 6.56. The highest BCUT2D eigenvalue weighted by molar-refractivity contribution is 5.35. The van der Waals surface area contributed by atoms with Gasteiger partial charge in [0.05, 0.1) is 0 Å². The lowest BCUT2D eigenvalue weighted by Gasteiger charge is -2.25. The van der Waals surface area contributed by atoms with Crippen molar-refractivity contribution < 1.29 is 0 Å². The zero-order valence-corrected chi connectivity index (χ0v) is 13.0. The van der Waals surface area contributed by atoms with Gasteiger partial charge in [0, 0.05) is 0 Å². The summed E-state index contributed by atoms with van der Waals surface area (Å²) in [7, 11) is 0. The van der Waals surface area contributed by atoms with E-state index in [0.29, 0.717) is 11.8 Å². The summed E-state index contributed by atoms with van der Waals surface area (Å²) in [5.41, 5.74) is 4.66. The lowest BCUT2D eigenvalue weighted by atomic mass is 9.84. The summed E-state index contributed by atoms with van der Waals surface area (Å²) >= 11 is 0. The third kappa shape index (κ3) is 3.82. The first-order chi connectivity index (χ1) is 9.08. The van der Waals surface area contributed by atoms with E-state index in [2.05, 4.69) is 51.2 Å². The smallest absolute Gasteiger partial charge is 0.00462 e. The molecule has 2 rings (SSSR count). The summed E-state index contributed by atoms with van der Waals surface area (Å²) in [6.07, 6.45) is 3.95. The second-order valence-corrected chi connectivity index (χ2v) is 6.67. The third-order valence-corrected chi connectivity index (χ3v) is 4.42. The van der Waals surface area contributed by atoms with Gasteiger partial charge in [-0.1, -0.05) is 45.9 Å². The highest BCUT2D eigenvalue weighted by Gasteiger charge is 2.17. The van der Waals surface area contributed by atoms with Gasteiger partial charge in [0.1, 0.15) is 0 Å². The van der Waals surface area contributed by atoms with Crippen molar-refractivity contribution in [1.29, 1.82) is 0 Å². The minimum atomic E-state index is 0.632. The van der Waals surface area contributed by atoms with E-state index < -0.39 is 0 Å². The predicted octanol–water partition coefficient (Wildman–Crippen LogP) is 4.48. The fraction of sp³-hybridized carbons (Fsp3) is 0.667. The Hall–Kier alpha value is -0.820. The zero-order valence-electron chi connectivity index (χ0n) is 13.0. The lowest BCUT2D eigenvalue weighted by molar-refractivity contribution is 0.371. The molecular weight excluding hydrogens is 230 g/mol. The Labute approximate surface area is 118 Å². The number of hydrogen-bond acceptors (Lipinski definition) is 1. The van der Waals surface area contributed by atoms with E-state index in [1.54, 1.807) is 11.1 Å². The number of nitrogens with one attached hydrogen (secondary N) is 1. The summed E-state index contributed by atoms with van der Waals surface area (Å²) in [5, 5.41) is 3.47. The van der Waals surface area contributed by atoms with Crippen LogP contribution in [0.3, 0.4) is 0 Å². The average Bonchev–Trinajstić information content (AvgIpc) is 2.39. The van der Waals surface area contributed by atoms with Crippen molar-refractivity contribution in [3.8, 4) is 0 Å². The molecule has 0 atom stereocenters. The summed E-state index contributed by atoms with van der Waals surface area (Å²) in [6, 6.07) is 7.17. The lowest BCUT2D eigenvalue weighted by Crippen LogP contribution is -2.28. The van der Waals surface area contributed by atoms with Crippen molar-refractivity contribution in [2.24, 2.45) is 5.92 Å². The molecule has 1 aliphatic heterocycles. The van der Waals surface area contributed by atoms with E-state index >= 15 is 0 Å². The van der Waals surface area contributed by atoms with Crippen molar-refractivity contribution in [3.05, 3.63) is 34.9 Å². The van der Waals surface area contributed by atoms with Crippen LogP contribution in [0.2, 0.25) is 0 Å². The first-order valence-corrected chi connectivity index (χ1v) is 7.91. The Kier molecular flexibility index (Phi) is 5.04. The molecule has 106 valence electrons. The van der Waals surface area contributed by atoms with Gasteiger partial charge in [0.25, 0.3) is 0 Å². The monoisotopic (exact) mass is 259 g/mol. The van der Waals surface area contributed by atoms with Gasteiger partial charge in [-0.3, -0.25) is 0 Å². The Morgan fingerprint density at radius 3 is 2.32 bits per heavy atom. The molecule has 1 nitrogen and oxygen atoms in total. The minimum absolute atomic E-state index is 0.632. The quantitative estimate of drug-likeness (QED) is 0.841. The van der Waals surface area contributed by atoms with Gasteiger partial charge in [-0.2, -0.15) is 0 Å². The summed E-state index contributed by atoms with van der Waals surface area (Å²) < 4.78 is 0. The molecule has 0 aromatic heterocycles. The van der Waals surface area contributed by atoms with Gasteiger partial charge in [-0.25, -0.2) is 0 Å². The number of benzene rings is 1. The maximum Gasteiger partial charge on any atom is -0.00462 e. The van der Waals surface area contributed by atoms with Gasteiger partial charge in [0.2, 0.25) is 0 Å². The summed E-state index contributed by atoms with van der Waals surface area (Å²) in [6.45, 7) is 11.6. The van der Waals surface area contributed by atoms with Crippen molar-refractivity contribution in [3.63, 3.8) is 0 Å². The van der Waals surface area contributed by atoms with Gasteiger partial charge >= 0.3 is 0 Å². The molecule has 0 bridgehead atoms. The van der Waals surface area contributed by atoms with Crippen LogP contribution in [-0.4, -0.2) is 13.1 Å². The number of hydrogen-bond donors (Lipinski definition) is 1. The molecule has 19 heavy (non-hydrogen) atoms. The molecule has 1 N–H and O–H groups in total. The minimum Gasteiger partial charge on any atom is -0.317 e. The Morgan fingerprint density at radius 2 is 1.74 bits per heavy atom. The second-order valence-electron chi connectivity index (χ2n) is 6.67. The highest BCUT2D eigenvalue weighted by Crippen LogP contribution is 2.28. The standard InChI is InChI=1S/C18H29N/c1-13(2)16-5-6-18(14(3)4)17(12-16)11-15-7-9-19-10-8-15/h5-6,12-15,19H,7-11H2,1-4H3. The zero-order chi connectivity index (χ0) is 13.8. The highest BCUT2D eigenvalue weighted by atomic mass is 14.9.